The molecule has 0 unspecified atom stereocenters. The second-order valence-corrected chi connectivity index (χ2v) is 9.37. The van der Waals surface area contributed by atoms with Crippen molar-refractivity contribution in [2.24, 2.45) is 11.8 Å². The van der Waals surface area contributed by atoms with Gasteiger partial charge in [0.1, 0.15) is 0 Å². The summed E-state index contributed by atoms with van der Waals surface area (Å²) < 4.78 is 0. The van der Waals surface area contributed by atoms with Crippen molar-refractivity contribution in [2.45, 2.75) is 25.7 Å². The fraction of sp³-hybridized carbons (Fsp3) is 0.267. The van der Waals surface area contributed by atoms with Crippen LogP contribution in [0.3, 0.4) is 0 Å². The van der Waals surface area contributed by atoms with E-state index in [-0.39, 0.29) is 11.8 Å². The van der Waals surface area contributed by atoms with E-state index < -0.39 is 0 Å². The summed E-state index contributed by atoms with van der Waals surface area (Å²) >= 11 is 0. The van der Waals surface area contributed by atoms with Gasteiger partial charge in [0.05, 0.1) is 0 Å². The number of carbonyl (C=O) groups is 2. The Kier molecular flexibility index (Phi) is 6.57. The van der Waals surface area contributed by atoms with Gasteiger partial charge in [-0.1, -0.05) is 79.2 Å². The van der Waals surface area contributed by atoms with Crippen molar-refractivity contribution < 1.29 is 9.59 Å². The Bertz CT molecular complexity index is 1220. The highest BCUT2D eigenvalue weighted by Crippen LogP contribution is 2.29. The van der Waals surface area contributed by atoms with Crippen LogP contribution in [0.2, 0.25) is 0 Å². The second kappa shape index (κ2) is 10.1. The summed E-state index contributed by atoms with van der Waals surface area (Å²) in [5.41, 5.74) is 1.46. The minimum Gasteiger partial charge on any atom is -0.352 e. The largest absolute Gasteiger partial charge is 0.352 e. The zero-order valence-electron chi connectivity index (χ0n) is 19.3. The minimum absolute atomic E-state index is 0.0109. The van der Waals surface area contributed by atoms with Crippen LogP contribution in [0.15, 0.2) is 84.9 Å². The van der Waals surface area contributed by atoms with Gasteiger partial charge in [-0.05, 0) is 64.8 Å². The molecule has 4 aromatic carbocycles. The lowest BCUT2D eigenvalue weighted by Gasteiger charge is -2.29. The smallest absolute Gasteiger partial charge is 0.251 e. The van der Waals surface area contributed by atoms with Crippen molar-refractivity contribution in [3.8, 4) is 0 Å². The molecule has 4 heteroatoms. The molecule has 0 saturated heterocycles. The standard InChI is InChI=1S/C30H30N2O2/c33-29(27-16-6-12-23-10-1-3-14-25(23)27)31-19-21-8-5-9-22(18-21)20-32-30(34)28-17-7-13-24-11-2-4-15-26(24)28/h1-4,6-7,10-17,21-22H,5,8-9,18-20H2,(H,31,33)(H,32,34)/t21-,22+. The van der Waals surface area contributed by atoms with Crippen molar-refractivity contribution in [3.05, 3.63) is 96.1 Å². The minimum atomic E-state index is -0.0109. The third-order valence-electron chi connectivity index (χ3n) is 7.06. The summed E-state index contributed by atoms with van der Waals surface area (Å²) in [6.45, 7) is 1.35. The topological polar surface area (TPSA) is 58.2 Å². The van der Waals surface area contributed by atoms with Crippen molar-refractivity contribution >= 4 is 33.4 Å². The van der Waals surface area contributed by atoms with Crippen LogP contribution >= 0.6 is 0 Å². The lowest BCUT2D eigenvalue weighted by atomic mass is 9.81. The molecule has 1 aliphatic rings. The lowest BCUT2D eigenvalue weighted by Crippen LogP contribution is -2.35. The van der Waals surface area contributed by atoms with E-state index in [4.69, 9.17) is 0 Å². The fourth-order valence-corrected chi connectivity index (χ4v) is 5.28. The number of fused-ring (bicyclic) bond motifs is 2. The quantitative estimate of drug-likeness (QED) is 0.381. The molecule has 0 heterocycles. The first-order chi connectivity index (χ1) is 16.7. The molecule has 1 aliphatic carbocycles. The van der Waals surface area contributed by atoms with Gasteiger partial charge in [0.15, 0.2) is 0 Å². The molecule has 172 valence electrons. The van der Waals surface area contributed by atoms with Crippen LogP contribution in [0.4, 0.5) is 0 Å². The molecule has 0 aromatic heterocycles. The van der Waals surface area contributed by atoms with E-state index in [9.17, 15) is 9.59 Å². The van der Waals surface area contributed by atoms with E-state index >= 15 is 0 Å². The molecule has 1 fully saturated rings. The monoisotopic (exact) mass is 450 g/mol. The van der Waals surface area contributed by atoms with Gasteiger partial charge in [-0.2, -0.15) is 0 Å². The first-order valence-electron chi connectivity index (χ1n) is 12.2. The average molecular weight is 451 g/mol. The van der Waals surface area contributed by atoms with E-state index in [1.54, 1.807) is 0 Å². The second-order valence-electron chi connectivity index (χ2n) is 9.37. The Labute approximate surface area is 200 Å². The van der Waals surface area contributed by atoms with Gasteiger partial charge >= 0.3 is 0 Å². The van der Waals surface area contributed by atoms with Crippen LogP contribution in [0.5, 0.6) is 0 Å². The zero-order valence-corrected chi connectivity index (χ0v) is 19.3. The molecule has 2 N–H and O–H groups in total. The lowest BCUT2D eigenvalue weighted by molar-refractivity contribution is 0.0937. The molecular formula is C30H30N2O2. The van der Waals surface area contributed by atoms with Crippen LogP contribution in [-0.2, 0) is 0 Å². The first kappa shape index (κ1) is 22.1. The number of hydrogen-bond acceptors (Lipinski definition) is 2. The van der Waals surface area contributed by atoms with Gasteiger partial charge in [0.25, 0.3) is 11.8 Å². The molecule has 0 radical (unpaired) electrons. The highest BCUT2D eigenvalue weighted by molar-refractivity contribution is 6.07. The Morgan fingerprint density at radius 3 is 1.56 bits per heavy atom. The molecule has 2 atom stereocenters. The summed E-state index contributed by atoms with van der Waals surface area (Å²) in [6, 6.07) is 27.7. The molecule has 34 heavy (non-hydrogen) atoms. The fourth-order valence-electron chi connectivity index (χ4n) is 5.28. The maximum absolute atomic E-state index is 12.9. The number of hydrogen-bond donors (Lipinski definition) is 2. The van der Waals surface area contributed by atoms with Crippen molar-refractivity contribution in [2.75, 3.05) is 13.1 Å². The maximum Gasteiger partial charge on any atom is 0.251 e. The third-order valence-corrected chi connectivity index (χ3v) is 7.06. The summed E-state index contributed by atoms with van der Waals surface area (Å²) in [5.74, 6) is 0.852. The molecule has 0 aliphatic heterocycles. The highest BCUT2D eigenvalue weighted by atomic mass is 16.2. The average Bonchev–Trinajstić information content (AvgIpc) is 2.90. The van der Waals surface area contributed by atoms with E-state index in [0.29, 0.717) is 24.9 Å². The van der Waals surface area contributed by atoms with Crippen LogP contribution < -0.4 is 10.6 Å². The molecule has 4 nitrogen and oxygen atoms in total. The first-order valence-corrected chi connectivity index (χ1v) is 12.2. The van der Waals surface area contributed by atoms with Crippen molar-refractivity contribution in [1.82, 2.24) is 10.6 Å². The normalized spacial score (nSPS) is 18.0. The third kappa shape index (κ3) is 4.81. The predicted molar refractivity (Wildman–Crippen MR) is 138 cm³/mol. The number of rotatable bonds is 6. The van der Waals surface area contributed by atoms with Gasteiger partial charge in [0.2, 0.25) is 0 Å². The van der Waals surface area contributed by atoms with Crippen LogP contribution in [-0.4, -0.2) is 24.9 Å². The number of nitrogens with one attached hydrogen (secondary N) is 2. The molecule has 5 rings (SSSR count). The molecule has 4 aromatic rings. The highest BCUT2D eigenvalue weighted by Gasteiger charge is 2.23. The Morgan fingerprint density at radius 2 is 1.06 bits per heavy atom. The predicted octanol–water partition coefficient (Wildman–Crippen LogP) is 5.96. The van der Waals surface area contributed by atoms with Crippen molar-refractivity contribution in [3.63, 3.8) is 0 Å². The summed E-state index contributed by atoms with van der Waals surface area (Å²) in [7, 11) is 0. The Hall–Kier alpha value is -3.66. The van der Waals surface area contributed by atoms with Crippen LogP contribution in [0.25, 0.3) is 21.5 Å². The zero-order chi connectivity index (χ0) is 23.3. The summed E-state index contributed by atoms with van der Waals surface area (Å²) in [4.78, 5) is 25.8. The molecule has 1 saturated carbocycles. The van der Waals surface area contributed by atoms with E-state index in [2.05, 4.69) is 10.6 Å². The number of benzene rings is 4. The molecule has 0 spiro atoms. The van der Waals surface area contributed by atoms with Gasteiger partial charge in [-0.15, -0.1) is 0 Å². The van der Waals surface area contributed by atoms with Gasteiger partial charge in [0, 0.05) is 24.2 Å². The van der Waals surface area contributed by atoms with Crippen molar-refractivity contribution in [1.29, 1.82) is 0 Å². The van der Waals surface area contributed by atoms with E-state index in [1.807, 2.05) is 84.9 Å². The van der Waals surface area contributed by atoms with Gasteiger partial charge in [-0.3, -0.25) is 9.59 Å². The SMILES string of the molecule is O=C(NC[C@H]1CCC[C@@H](CNC(=O)c2cccc3ccccc23)C1)c1cccc2ccccc12. The Balaban J connectivity index is 1.16. The van der Waals surface area contributed by atoms with Gasteiger partial charge in [-0.25, -0.2) is 0 Å². The summed E-state index contributed by atoms with van der Waals surface area (Å²) in [5, 5.41) is 10.5. The van der Waals surface area contributed by atoms with Crippen LogP contribution in [0, 0.1) is 11.8 Å². The van der Waals surface area contributed by atoms with E-state index in [1.165, 1.54) is 0 Å². The molecular weight excluding hydrogens is 420 g/mol. The van der Waals surface area contributed by atoms with E-state index in [0.717, 1.165) is 58.4 Å². The van der Waals surface area contributed by atoms with Gasteiger partial charge < -0.3 is 10.6 Å². The molecule has 2 amide bonds. The summed E-state index contributed by atoms with van der Waals surface area (Å²) in [6.07, 6.45) is 4.38. The number of amides is 2. The molecule has 0 bridgehead atoms. The number of carbonyl (C=O) groups excluding carboxylic acids is 2. The van der Waals surface area contributed by atoms with Crippen LogP contribution in [0.1, 0.15) is 46.4 Å². The Morgan fingerprint density at radius 1 is 0.618 bits per heavy atom. The maximum atomic E-state index is 12.9.